The minimum Gasteiger partial charge on any atom is -0.493 e. The largest absolute Gasteiger partial charge is 0.493 e. The van der Waals surface area contributed by atoms with E-state index in [2.05, 4.69) is 0 Å². The van der Waals surface area contributed by atoms with Gasteiger partial charge in [0.25, 0.3) is 0 Å². The summed E-state index contributed by atoms with van der Waals surface area (Å²) in [4.78, 5) is 0. The van der Waals surface area contributed by atoms with Crippen LogP contribution in [0.5, 0.6) is 11.5 Å². The van der Waals surface area contributed by atoms with Crippen molar-refractivity contribution in [2.75, 3.05) is 13.7 Å². The average Bonchev–Trinajstić information content (AvgIpc) is 2.17. The molecule has 0 spiro atoms. The molecule has 15 heavy (non-hydrogen) atoms. The van der Waals surface area contributed by atoms with Gasteiger partial charge >= 0.3 is 0 Å². The van der Waals surface area contributed by atoms with Crippen molar-refractivity contribution in [3.05, 3.63) is 34.3 Å². The standard InChI is InChI=1S/C11H12Cl2O2/c1-8-3-4-9(14-2)10(7-8)15-6-5-11(12)13/h3-5,7H,6H2,1-2H3. The highest BCUT2D eigenvalue weighted by atomic mass is 35.5. The SMILES string of the molecule is COc1ccc(C)cc1OCC=C(Cl)Cl. The van der Waals surface area contributed by atoms with Crippen LogP contribution in [-0.2, 0) is 0 Å². The van der Waals surface area contributed by atoms with E-state index in [0.29, 0.717) is 18.1 Å². The van der Waals surface area contributed by atoms with Crippen molar-refractivity contribution in [2.24, 2.45) is 0 Å². The molecule has 0 saturated carbocycles. The summed E-state index contributed by atoms with van der Waals surface area (Å²) in [6.45, 7) is 2.30. The van der Waals surface area contributed by atoms with Gasteiger partial charge < -0.3 is 9.47 Å². The number of methoxy groups -OCH3 is 1. The quantitative estimate of drug-likeness (QED) is 0.807. The van der Waals surface area contributed by atoms with Gasteiger partial charge in [0, 0.05) is 0 Å². The molecule has 0 amide bonds. The first-order valence-electron chi connectivity index (χ1n) is 4.42. The van der Waals surface area contributed by atoms with Crippen molar-refractivity contribution in [1.29, 1.82) is 0 Å². The van der Waals surface area contributed by atoms with Gasteiger partial charge in [-0.2, -0.15) is 0 Å². The number of hydrogen-bond acceptors (Lipinski definition) is 2. The lowest BCUT2D eigenvalue weighted by atomic mass is 10.2. The number of rotatable bonds is 4. The van der Waals surface area contributed by atoms with Gasteiger partial charge in [-0.1, -0.05) is 29.3 Å². The molecule has 1 rings (SSSR count). The van der Waals surface area contributed by atoms with Gasteiger partial charge in [0.2, 0.25) is 0 Å². The van der Waals surface area contributed by atoms with Gasteiger partial charge in [-0.15, -0.1) is 0 Å². The Morgan fingerprint density at radius 3 is 2.67 bits per heavy atom. The maximum Gasteiger partial charge on any atom is 0.161 e. The normalized spacial score (nSPS) is 9.60. The molecular formula is C11H12Cl2O2. The summed E-state index contributed by atoms with van der Waals surface area (Å²) < 4.78 is 10.8. The van der Waals surface area contributed by atoms with Crippen molar-refractivity contribution < 1.29 is 9.47 Å². The highest BCUT2D eigenvalue weighted by molar-refractivity contribution is 6.55. The maximum atomic E-state index is 5.46. The minimum absolute atomic E-state index is 0.196. The zero-order valence-corrected chi connectivity index (χ0v) is 10.1. The van der Waals surface area contributed by atoms with Crippen LogP contribution in [0.3, 0.4) is 0 Å². The molecule has 0 aliphatic heterocycles. The Hall–Kier alpha value is -0.860. The summed E-state index contributed by atoms with van der Waals surface area (Å²) in [6, 6.07) is 5.71. The summed E-state index contributed by atoms with van der Waals surface area (Å²) in [5, 5.41) is 0. The molecule has 0 fully saturated rings. The molecule has 0 heterocycles. The molecule has 1 aromatic rings. The van der Waals surface area contributed by atoms with Crippen LogP contribution in [0.15, 0.2) is 28.8 Å². The number of ether oxygens (including phenoxy) is 2. The first-order chi connectivity index (χ1) is 7.13. The smallest absolute Gasteiger partial charge is 0.161 e. The average molecular weight is 247 g/mol. The number of benzene rings is 1. The first-order valence-corrected chi connectivity index (χ1v) is 5.17. The van der Waals surface area contributed by atoms with Gasteiger partial charge in [-0.05, 0) is 30.7 Å². The molecule has 2 nitrogen and oxygen atoms in total. The molecule has 0 aliphatic rings. The van der Waals surface area contributed by atoms with E-state index in [4.69, 9.17) is 32.7 Å². The van der Waals surface area contributed by atoms with Crippen molar-refractivity contribution in [1.82, 2.24) is 0 Å². The molecule has 0 saturated heterocycles. The summed E-state index contributed by atoms with van der Waals surface area (Å²) in [5.41, 5.74) is 1.10. The van der Waals surface area contributed by atoms with E-state index < -0.39 is 0 Å². The van der Waals surface area contributed by atoms with Crippen LogP contribution >= 0.6 is 23.2 Å². The summed E-state index contributed by atoms with van der Waals surface area (Å²) >= 11 is 10.9. The molecule has 0 aromatic heterocycles. The second-order valence-corrected chi connectivity index (χ2v) is 3.97. The van der Waals surface area contributed by atoms with Crippen molar-refractivity contribution in [3.8, 4) is 11.5 Å². The van der Waals surface area contributed by atoms with Gasteiger partial charge in [-0.3, -0.25) is 0 Å². The Kier molecular flexibility index (Phi) is 4.79. The molecule has 4 heteroatoms. The van der Waals surface area contributed by atoms with E-state index >= 15 is 0 Å². The fourth-order valence-electron chi connectivity index (χ4n) is 1.09. The number of aryl methyl sites for hydroxylation is 1. The fourth-order valence-corrected chi connectivity index (χ4v) is 1.22. The van der Waals surface area contributed by atoms with Crippen LogP contribution < -0.4 is 9.47 Å². The second-order valence-electron chi connectivity index (χ2n) is 2.96. The van der Waals surface area contributed by atoms with Gasteiger partial charge in [-0.25, -0.2) is 0 Å². The Balaban J connectivity index is 2.74. The molecule has 0 radical (unpaired) electrons. The lowest BCUT2D eigenvalue weighted by molar-refractivity contribution is 0.326. The predicted molar refractivity (Wildman–Crippen MR) is 63.0 cm³/mol. The summed E-state index contributed by atoms with van der Waals surface area (Å²) in [5.74, 6) is 1.38. The highest BCUT2D eigenvalue weighted by Gasteiger charge is 2.03. The van der Waals surface area contributed by atoms with E-state index in [1.54, 1.807) is 13.2 Å². The van der Waals surface area contributed by atoms with Gasteiger partial charge in [0.15, 0.2) is 11.5 Å². The van der Waals surface area contributed by atoms with Crippen LogP contribution in [0.2, 0.25) is 0 Å². The van der Waals surface area contributed by atoms with Crippen LogP contribution in [0, 0.1) is 6.92 Å². The summed E-state index contributed by atoms with van der Waals surface area (Å²) in [6.07, 6.45) is 1.57. The zero-order chi connectivity index (χ0) is 11.3. The van der Waals surface area contributed by atoms with Crippen molar-refractivity contribution in [2.45, 2.75) is 6.92 Å². The van der Waals surface area contributed by atoms with Crippen LogP contribution in [-0.4, -0.2) is 13.7 Å². The Labute approximate surface area is 99.4 Å². The van der Waals surface area contributed by atoms with E-state index in [-0.39, 0.29) is 4.49 Å². The number of halogens is 2. The Bertz CT molecular complexity index is 358. The zero-order valence-electron chi connectivity index (χ0n) is 8.59. The van der Waals surface area contributed by atoms with E-state index in [1.165, 1.54) is 0 Å². The highest BCUT2D eigenvalue weighted by Crippen LogP contribution is 2.27. The molecule has 1 aromatic carbocycles. The molecule has 0 bridgehead atoms. The van der Waals surface area contributed by atoms with Gasteiger partial charge in [0.1, 0.15) is 11.1 Å². The maximum absolute atomic E-state index is 5.46. The minimum atomic E-state index is 0.196. The number of hydrogen-bond donors (Lipinski definition) is 0. The monoisotopic (exact) mass is 246 g/mol. The van der Waals surface area contributed by atoms with Crippen molar-refractivity contribution in [3.63, 3.8) is 0 Å². The molecular weight excluding hydrogens is 235 g/mol. The van der Waals surface area contributed by atoms with E-state index in [9.17, 15) is 0 Å². The molecule has 0 N–H and O–H groups in total. The first kappa shape index (κ1) is 12.2. The van der Waals surface area contributed by atoms with E-state index in [1.807, 2.05) is 25.1 Å². The third kappa shape index (κ3) is 4.02. The third-order valence-corrected chi connectivity index (χ3v) is 2.10. The lowest BCUT2D eigenvalue weighted by Gasteiger charge is -2.09. The Morgan fingerprint density at radius 2 is 2.07 bits per heavy atom. The molecule has 0 atom stereocenters. The second kappa shape index (κ2) is 5.89. The predicted octanol–water partition coefficient (Wildman–Crippen LogP) is 3.70. The molecule has 82 valence electrons. The van der Waals surface area contributed by atoms with E-state index in [0.717, 1.165) is 5.56 Å². The van der Waals surface area contributed by atoms with Crippen LogP contribution in [0.4, 0.5) is 0 Å². The molecule has 0 unspecified atom stereocenters. The van der Waals surface area contributed by atoms with Crippen LogP contribution in [0.1, 0.15) is 5.56 Å². The summed E-state index contributed by atoms with van der Waals surface area (Å²) in [7, 11) is 1.60. The fraction of sp³-hybridized carbons (Fsp3) is 0.273. The van der Waals surface area contributed by atoms with Crippen molar-refractivity contribution >= 4 is 23.2 Å². The third-order valence-electron chi connectivity index (χ3n) is 1.80. The topological polar surface area (TPSA) is 18.5 Å². The Morgan fingerprint density at radius 1 is 1.33 bits per heavy atom. The van der Waals surface area contributed by atoms with Crippen LogP contribution in [0.25, 0.3) is 0 Å². The lowest BCUT2D eigenvalue weighted by Crippen LogP contribution is -1.97. The van der Waals surface area contributed by atoms with Gasteiger partial charge in [0.05, 0.1) is 7.11 Å². The molecule has 0 aliphatic carbocycles.